The van der Waals surface area contributed by atoms with Gasteiger partial charge in [-0.25, -0.2) is 4.98 Å². The molecule has 3 rings (SSSR count). The van der Waals surface area contributed by atoms with Gasteiger partial charge in [-0.3, -0.25) is 18.9 Å². The number of anilines is 1. The van der Waals surface area contributed by atoms with Crippen LogP contribution in [-0.4, -0.2) is 65.0 Å². The van der Waals surface area contributed by atoms with Crippen molar-refractivity contribution in [3.63, 3.8) is 0 Å². The zero-order valence-corrected chi connectivity index (χ0v) is 18.6. The summed E-state index contributed by atoms with van der Waals surface area (Å²) in [5.41, 5.74) is 0.606. The molecule has 1 N–H and O–H groups in total. The summed E-state index contributed by atoms with van der Waals surface area (Å²) in [6.45, 7) is 2.20. The second-order valence-electron chi connectivity index (χ2n) is 6.56. The smallest absolute Gasteiger partial charge is 0.267 e. The summed E-state index contributed by atoms with van der Waals surface area (Å²) in [6.07, 6.45) is 4.69. The van der Waals surface area contributed by atoms with Crippen LogP contribution in [0, 0.1) is 0 Å². The third-order valence-corrected chi connectivity index (χ3v) is 5.84. The fourth-order valence-corrected chi connectivity index (χ4v) is 4.27. The number of fused-ring (bicyclic) bond motifs is 1. The fourth-order valence-electron chi connectivity index (χ4n) is 2.98. The van der Waals surface area contributed by atoms with E-state index in [4.69, 9.17) is 21.7 Å². The summed E-state index contributed by atoms with van der Waals surface area (Å²) in [4.78, 5) is 32.5. The molecule has 1 saturated heterocycles. The molecule has 1 aliphatic rings. The average molecular weight is 449 g/mol. The van der Waals surface area contributed by atoms with Gasteiger partial charge >= 0.3 is 0 Å². The van der Waals surface area contributed by atoms with Crippen LogP contribution in [0.25, 0.3) is 11.7 Å². The topological polar surface area (TPSA) is 85.2 Å². The summed E-state index contributed by atoms with van der Waals surface area (Å²) in [5.74, 6) is 0.232. The highest BCUT2D eigenvalue weighted by atomic mass is 32.2. The minimum Gasteiger partial charge on any atom is -0.385 e. The Bertz CT molecular complexity index is 1020. The Balaban J connectivity index is 1.95. The predicted octanol–water partition coefficient (Wildman–Crippen LogP) is 2.38. The standard InChI is InChI=1S/C20H24N4O4S2/c1-27-11-5-8-21-17-14(18(25)23-9-4-3-7-16(23)22-17)13-15-19(26)24(20(29)30-15)10-6-12-28-2/h3-4,7,9,13,21H,5-6,8,10-12H2,1-2H3/b15-13+. The highest BCUT2D eigenvalue weighted by Gasteiger charge is 2.32. The van der Waals surface area contributed by atoms with Crippen LogP contribution in [0.3, 0.4) is 0 Å². The maximum absolute atomic E-state index is 13.1. The maximum atomic E-state index is 13.1. The first-order valence-corrected chi connectivity index (χ1v) is 10.8. The molecule has 1 aliphatic heterocycles. The average Bonchev–Trinajstić information content (AvgIpc) is 3.01. The Morgan fingerprint density at radius 2 is 1.97 bits per heavy atom. The third-order valence-electron chi connectivity index (χ3n) is 4.47. The van der Waals surface area contributed by atoms with Crippen LogP contribution in [-0.2, 0) is 14.3 Å². The molecule has 0 aliphatic carbocycles. The second kappa shape index (κ2) is 10.7. The highest BCUT2D eigenvalue weighted by molar-refractivity contribution is 8.26. The van der Waals surface area contributed by atoms with E-state index >= 15 is 0 Å². The number of hydrogen-bond donors (Lipinski definition) is 1. The lowest BCUT2D eigenvalue weighted by Gasteiger charge is -2.13. The SMILES string of the molecule is COCCCNc1nc2ccccn2c(=O)c1/C=C1/SC(=S)N(CCCOC)C1=O. The van der Waals surface area contributed by atoms with Crippen LogP contribution in [0.1, 0.15) is 18.4 Å². The molecule has 10 heteroatoms. The molecule has 1 fully saturated rings. The number of thioether (sulfide) groups is 1. The lowest BCUT2D eigenvalue weighted by molar-refractivity contribution is -0.122. The summed E-state index contributed by atoms with van der Waals surface area (Å²) in [7, 11) is 3.26. The normalized spacial score (nSPS) is 15.5. The Kier molecular flexibility index (Phi) is 7.97. The van der Waals surface area contributed by atoms with E-state index in [0.29, 0.717) is 59.0 Å². The molecule has 2 aromatic rings. The number of carbonyl (C=O) groups excluding carboxylic acids is 1. The molecule has 0 atom stereocenters. The van der Waals surface area contributed by atoms with Gasteiger partial charge in [0.05, 0.1) is 10.5 Å². The number of aromatic nitrogens is 2. The molecule has 2 aromatic heterocycles. The third kappa shape index (κ3) is 5.07. The molecule has 0 bridgehead atoms. The van der Waals surface area contributed by atoms with Crippen LogP contribution < -0.4 is 10.9 Å². The van der Waals surface area contributed by atoms with Crippen LogP contribution in [0.2, 0.25) is 0 Å². The zero-order valence-electron chi connectivity index (χ0n) is 16.9. The maximum Gasteiger partial charge on any atom is 0.267 e. The first-order valence-electron chi connectivity index (χ1n) is 9.55. The number of nitrogens with zero attached hydrogens (tertiary/aromatic N) is 3. The Morgan fingerprint density at radius 3 is 2.73 bits per heavy atom. The molecular weight excluding hydrogens is 424 g/mol. The van der Waals surface area contributed by atoms with Crippen molar-refractivity contribution in [2.75, 3.05) is 45.8 Å². The summed E-state index contributed by atoms with van der Waals surface area (Å²) in [5, 5.41) is 3.20. The number of amides is 1. The van der Waals surface area contributed by atoms with Gasteiger partial charge in [0.1, 0.15) is 15.8 Å². The second-order valence-corrected chi connectivity index (χ2v) is 8.24. The minimum absolute atomic E-state index is 0.205. The van der Waals surface area contributed by atoms with E-state index in [1.54, 1.807) is 43.5 Å². The van der Waals surface area contributed by atoms with Gasteiger partial charge in [-0.2, -0.15) is 0 Å². The molecule has 160 valence electrons. The van der Waals surface area contributed by atoms with E-state index in [1.165, 1.54) is 16.2 Å². The Labute approximate surface area is 184 Å². The largest absolute Gasteiger partial charge is 0.385 e. The first-order chi connectivity index (χ1) is 14.6. The van der Waals surface area contributed by atoms with Crippen molar-refractivity contribution in [2.45, 2.75) is 12.8 Å². The van der Waals surface area contributed by atoms with Gasteiger partial charge in [0.15, 0.2) is 0 Å². The number of pyridine rings is 1. The predicted molar refractivity (Wildman–Crippen MR) is 123 cm³/mol. The van der Waals surface area contributed by atoms with Gasteiger partial charge in [0, 0.05) is 46.7 Å². The number of carbonyl (C=O) groups is 1. The van der Waals surface area contributed by atoms with E-state index in [0.717, 1.165) is 6.42 Å². The molecule has 8 nitrogen and oxygen atoms in total. The van der Waals surface area contributed by atoms with Crippen LogP contribution >= 0.6 is 24.0 Å². The number of methoxy groups -OCH3 is 2. The van der Waals surface area contributed by atoms with E-state index in [2.05, 4.69) is 10.3 Å². The number of ether oxygens (including phenoxy) is 2. The van der Waals surface area contributed by atoms with E-state index < -0.39 is 0 Å². The molecule has 30 heavy (non-hydrogen) atoms. The molecule has 1 amide bonds. The molecule has 0 radical (unpaired) electrons. The lowest BCUT2D eigenvalue weighted by Crippen LogP contribution is -2.29. The van der Waals surface area contributed by atoms with Crippen molar-refractivity contribution in [3.05, 3.63) is 45.2 Å². The number of thiocarbonyl (C=S) groups is 1. The summed E-state index contributed by atoms with van der Waals surface area (Å²) < 4.78 is 12.1. The van der Waals surface area contributed by atoms with Gasteiger partial charge in [-0.1, -0.05) is 30.0 Å². The van der Waals surface area contributed by atoms with Gasteiger partial charge < -0.3 is 14.8 Å². The molecule has 0 aromatic carbocycles. The van der Waals surface area contributed by atoms with Crippen molar-refractivity contribution in [2.24, 2.45) is 0 Å². The highest BCUT2D eigenvalue weighted by Crippen LogP contribution is 2.33. The van der Waals surface area contributed by atoms with Crippen LogP contribution in [0.5, 0.6) is 0 Å². The summed E-state index contributed by atoms with van der Waals surface area (Å²) in [6, 6.07) is 5.35. The van der Waals surface area contributed by atoms with Crippen molar-refractivity contribution in [3.8, 4) is 0 Å². The van der Waals surface area contributed by atoms with Crippen molar-refractivity contribution in [1.29, 1.82) is 0 Å². The number of rotatable bonds is 10. The van der Waals surface area contributed by atoms with Crippen molar-refractivity contribution < 1.29 is 14.3 Å². The zero-order chi connectivity index (χ0) is 21.5. The quantitative estimate of drug-likeness (QED) is 0.337. The van der Waals surface area contributed by atoms with E-state index in [1.807, 2.05) is 6.07 Å². The number of hydrogen-bond acceptors (Lipinski definition) is 8. The van der Waals surface area contributed by atoms with E-state index in [-0.39, 0.29) is 11.5 Å². The van der Waals surface area contributed by atoms with Gasteiger partial charge in [-0.05, 0) is 31.1 Å². The summed E-state index contributed by atoms with van der Waals surface area (Å²) >= 11 is 6.55. The van der Waals surface area contributed by atoms with Gasteiger partial charge in [0.25, 0.3) is 11.5 Å². The van der Waals surface area contributed by atoms with Crippen molar-refractivity contribution >= 4 is 51.7 Å². The molecule has 0 saturated carbocycles. The number of nitrogens with one attached hydrogen (secondary N) is 1. The van der Waals surface area contributed by atoms with Gasteiger partial charge in [-0.15, -0.1) is 0 Å². The Morgan fingerprint density at radius 1 is 1.20 bits per heavy atom. The molecule has 0 spiro atoms. The fraction of sp³-hybridized carbons (Fsp3) is 0.400. The van der Waals surface area contributed by atoms with Crippen molar-refractivity contribution in [1.82, 2.24) is 14.3 Å². The minimum atomic E-state index is -0.250. The van der Waals surface area contributed by atoms with Gasteiger partial charge in [0.2, 0.25) is 0 Å². The Hall–Kier alpha value is -2.27. The molecule has 0 unspecified atom stereocenters. The van der Waals surface area contributed by atoms with Crippen LogP contribution in [0.4, 0.5) is 5.82 Å². The first kappa shape index (κ1) is 22.4. The lowest BCUT2D eigenvalue weighted by atomic mass is 10.2. The monoisotopic (exact) mass is 448 g/mol. The van der Waals surface area contributed by atoms with E-state index in [9.17, 15) is 9.59 Å². The molecule has 3 heterocycles. The molecular formula is C20H24N4O4S2. The van der Waals surface area contributed by atoms with Crippen LogP contribution in [0.15, 0.2) is 34.1 Å².